The number of amides is 1. The summed E-state index contributed by atoms with van der Waals surface area (Å²) in [6.45, 7) is 1.05. The minimum absolute atomic E-state index is 0.126. The van der Waals surface area contributed by atoms with E-state index in [1.165, 1.54) is 11.8 Å². The molecule has 4 aromatic rings. The lowest BCUT2D eigenvalue weighted by molar-refractivity contribution is -0.113. The number of benzene rings is 2. The maximum atomic E-state index is 12.4. The number of aromatic nitrogens is 3. The lowest BCUT2D eigenvalue weighted by Crippen LogP contribution is -2.17. The third kappa shape index (κ3) is 3.11. The fraction of sp³-hybridized carbons (Fsp3) is 0.150. The fourth-order valence-corrected chi connectivity index (χ4v) is 3.91. The molecule has 1 aliphatic heterocycles. The topological polar surface area (TPSA) is 77.8 Å². The van der Waals surface area contributed by atoms with E-state index < -0.39 is 0 Å². The number of nitrogens with zero attached hydrogens (tertiary/aromatic N) is 3. The summed E-state index contributed by atoms with van der Waals surface area (Å²) >= 11 is 1.35. The molecule has 1 aliphatic rings. The van der Waals surface area contributed by atoms with Crippen molar-refractivity contribution < 1.29 is 14.3 Å². The van der Waals surface area contributed by atoms with Crippen molar-refractivity contribution in [1.82, 2.24) is 14.6 Å². The molecule has 0 unspecified atom stereocenters. The average Bonchev–Trinajstić information content (AvgIpc) is 3.16. The van der Waals surface area contributed by atoms with Gasteiger partial charge in [-0.25, -0.2) is 0 Å². The minimum Gasteiger partial charge on any atom is -0.486 e. The SMILES string of the molecule is O=C(CSc1nnc2ccc3ccccc3n12)Nc1ccc2c(c1)OCCO2. The second-order valence-electron chi connectivity index (χ2n) is 6.26. The molecule has 28 heavy (non-hydrogen) atoms. The monoisotopic (exact) mass is 392 g/mol. The normalized spacial score (nSPS) is 13.0. The number of carbonyl (C=O) groups excluding carboxylic acids is 1. The van der Waals surface area contributed by atoms with Crippen molar-refractivity contribution in [1.29, 1.82) is 0 Å². The van der Waals surface area contributed by atoms with Gasteiger partial charge in [-0.3, -0.25) is 9.20 Å². The fourth-order valence-electron chi connectivity index (χ4n) is 3.15. The maximum Gasteiger partial charge on any atom is 0.234 e. The second-order valence-corrected chi connectivity index (χ2v) is 7.21. The Balaban J connectivity index is 1.32. The summed E-state index contributed by atoms with van der Waals surface area (Å²) in [7, 11) is 0. The number of ether oxygens (including phenoxy) is 2. The number of nitrogens with one attached hydrogen (secondary N) is 1. The Bertz CT molecular complexity index is 1190. The molecular formula is C20H16N4O3S. The lowest BCUT2D eigenvalue weighted by Gasteiger charge is -2.18. The van der Waals surface area contributed by atoms with Crippen LogP contribution in [0, 0.1) is 0 Å². The molecule has 0 saturated carbocycles. The van der Waals surface area contributed by atoms with Gasteiger partial charge >= 0.3 is 0 Å². The van der Waals surface area contributed by atoms with Gasteiger partial charge in [0.2, 0.25) is 5.91 Å². The van der Waals surface area contributed by atoms with Gasteiger partial charge in [-0.2, -0.15) is 0 Å². The van der Waals surface area contributed by atoms with Gasteiger partial charge in [0.05, 0.1) is 11.3 Å². The lowest BCUT2D eigenvalue weighted by atomic mass is 10.2. The zero-order chi connectivity index (χ0) is 18.9. The second kappa shape index (κ2) is 7.05. The van der Waals surface area contributed by atoms with Gasteiger partial charge in [-0.1, -0.05) is 30.0 Å². The number of anilines is 1. The van der Waals surface area contributed by atoms with Gasteiger partial charge in [0, 0.05) is 11.8 Å². The van der Waals surface area contributed by atoms with Crippen molar-refractivity contribution in [2.45, 2.75) is 5.16 Å². The molecule has 2 aromatic carbocycles. The van der Waals surface area contributed by atoms with Crippen molar-refractivity contribution in [2.24, 2.45) is 0 Å². The van der Waals surface area contributed by atoms with Gasteiger partial charge in [-0.15, -0.1) is 10.2 Å². The Morgan fingerprint density at radius 3 is 2.82 bits per heavy atom. The summed E-state index contributed by atoms with van der Waals surface area (Å²) in [6, 6.07) is 17.3. The molecule has 0 atom stereocenters. The van der Waals surface area contributed by atoms with Gasteiger partial charge in [0.25, 0.3) is 0 Å². The molecule has 0 fully saturated rings. The summed E-state index contributed by atoms with van der Waals surface area (Å²) in [6.07, 6.45) is 0. The molecule has 0 bridgehead atoms. The van der Waals surface area contributed by atoms with E-state index in [2.05, 4.69) is 15.5 Å². The molecule has 2 aromatic heterocycles. The number of fused-ring (bicyclic) bond motifs is 4. The van der Waals surface area contributed by atoms with Gasteiger partial charge in [0.1, 0.15) is 13.2 Å². The van der Waals surface area contributed by atoms with Crippen molar-refractivity contribution in [2.75, 3.05) is 24.3 Å². The first-order valence-electron chi connectivity index (χ1n) is 8.83. The van der Waals surface area contributed by atoms with Crippen LogP contribution < -0.4 is 14.8 Å². The smallest absolute Gasteiger partial charge is 0.234 e. The first kappa shape index (κ1) is 16.9. The first-order valence-corrected chi connectivity index (χ1v) is 9.82. The molecule has 0 radical (unpaired) electrons. The number of hydrogen-bond acceptors (Lipinski definition) is 6. The molecule has 0 aliphatic carbocycles. The van der Waals surface area contributed by atoms with E-state index in [4.69, 9.17) is 9.47 Å². The Morgan fingerprint density at radius 2 is 1.89 bits per heavy atom. The van der Waals surface area contributed by atoms with Crippen LogP contribution in [-0.2, 0) is 4.79 Å². The van der Waals surface area contributed by atoms with Gasteiger partial charge < -0.3 is 14.8 Å². The van der Waals surface area contributed by atoms with E-state index in [1.54, 1.807) is 18.2 Å². The average molecular weight is 392 g/mol. The van der Waals surface area contributed by atoms with Crippen molar-refractivity contribution in [3.63, 3.8) is 0 Å². The Kier molecular flexibility index (Phi) is 4.25. The van der Waals surface area contributed by atoms with Gasteiger partial charge in [-0.05, 0) is 35.7 Å². The number of para-hydroxylation sites is 1. The molecule has 1 N–H and O–H groups in total. The highest BCUT2D eigenvalue weighted by molar-refractivity contribution is 7.99. The quantitative estimate of drug-likeness (QED) is 0.537. The van der Waals surface area contributed by atoms with Crippen LogP contribution in [0.1, 0.15) is 0 Å². The zero-order valence-corrected chi connectivity index (χ0v) is 15.6. The molecule has 8 heteroatoms. The van der Waals surface area contributed by atoms with Crippen LogP contribution in [0.5, 0.6) is 11.5 Å². The van der Waals surface area contributed by atoms with Crippen LogP contribution >= 0.6 is 11.8 Å². The Morgan fingerprint density at radius 1 is 1.04 bits per heavy atom. The van der Waals surface area contributed by atoms with E-state index in [0.29, 0.717) is 35.6 Å². The third-order valence-corrected chi connectivity index (χ3v) is 5.34. The summed E-state index contributed by atoms with van der Waals surface area (Å²) in [4.78, 5) is 12.4. The third-order valence-electron chi connectivity index (χ3n) is 4.41. The van der Waals surface area contributed by atoms with E-state index in [1.807, 2.05) is 40.8 Å². The summed E-state index contributed by atoms with van der Waals surface area (Å²) in [5.41, 5.74) is 2.44. The number of carbonyl (C=O) groups is 1. The Hall–Kier alpha value is -3.26. The molecule has 0 spiro atoms. The highest BCUT2D eigenvalue weighted by Gasteiger charge is 2.14. The number of rotatable bonds is 4. The van der Waals surface area contributed by atoms with Crippen LogP contribution in [0.3, 0.4) is 0 Å². The zero-order valence-electron chi connectivity index (χ0n) is 14.8. The molecular weight excluding hydrogens is 376 g/mol. The predicted octanol–water partition coefficient (Wildman–Crippen LogP) is 3.38. The summed E-state index contributed by atoms with van der Waals surface area (Å²) in [5.74, 6) is 1.43. The minimum atomic E-state index is -0.126. The van der Waals surface area contributed by atoms with Gasteiger partial charge in [0.15, 0.2) is 22.3 Å². The van der Waals surface area contributed by atoms with Crippen LogP contribution in [0.4, 0.5) is 5.69 Å². The highest BCUT2D eigenvalue weighted by atomic mass is 32.2. The first-order chi connectivity index (χ1) is 13.8. The number of hydrogen-bond donors (Lipinski definition) is 1. The molecule has 140 valence electrons. The predicted molar refractivity (Wildman–Crippen MR) is 107 cm³/mol. The van der Waals surface area contributed by atoms with Crippen molar-refractivity contribution in [3.05, 3.63) is 54.6 Å². The van der Waals surface area contributed by atoms with Crippen LogP contribution in [0.25, 0.3) is 16.6 Å². The number of pyridine rings is 1. The standard InChI is InChI=1S/C20H16N4O3S/c25-19(21-14-6-7-16-17(11-14)27-10-9-26-16)12-28-20-23-22-18-8-5-13-3-1-2-4-15(13)24(18)20/h1-8,11H,9-10,12H2,(H,21,25). The van der Waals surface area contributed by atoms with Crippen LogP contribution in [-0.4, -0.2) is 39.5 Å². The van der Waals surface area contributed by atoms with E-state index in [9.17, 15) is 4.79 Å². The van der Waals surface area contributed by atoms with Crippen LogP contribution in [0.15, 0.2) is 59.8 Å². The molecule has 0 saturated heterocycles. The van der Waals surface area contributed by atoms with E-state index in [0.717, 1.165) is 16.6 Å². The maximum absolute atomic E-state index is 12.4. The van der Waals surface area contributed by atoms with E-state index >= 15 is 0 Å². The highest BCUT2D eigenvalue weighted by Crippen LogP contribution is 2.32. The molecule has 7 nitrogen and oxygen atoms in total. The van der Waals surface area contributed by atoms with E-state index in [-0.39, 0.29) is 11.7 Å². The summed E-state index contributed by atoms with van der Waals surface area (Å²) < 4.78 is 13.0. The van der Waals surface area contributed by atoms with Crippen molar-refractivity contribution in [3.8, 4) is 11.5 Å². The van der Waals surface area contributed by atoms with Crippen molar-refractivity contribution >= 4 is 39.9 Å². The van der Waals surface area contributed by atoms with Crippen LogP contribution in [0.2, 0.25) is 0 Å². The summed E-state index contributed by atoms with van der Waals surface area (Å²) in [5, 5.41) is 13.1. The largest absolute Gasteiger partial charge is 0.486 e. The molecule has 3 heterocycles. The molecule has 1 amide bonds. The molecule has 5 rings (SSSR count). The Labute approximate surface area is 164 Å². The number of thioether (sulfide) groups is 1.